The van der Waals surface area contributed by atoms with E-state index in [4.69, 9.17) is 0 Å². The number of nitrogens with zero attached hydrogens (tertiary/aromatic N) is 1. The van der Waals surface area contributed by atoms with E-state index in [-0.39, 0.29) is 0 Å². The minimum atomic E-state index is 0.703. The fraction of sp³-hybridized carbons (Fsp3) is 1.00. The van der Waals surface area contributed by atoms with Crippen molar-refractivity contribution >= 4 is 0 Å². The fourth-order valence-electron chi connectivity index (χ4n) is 3.87. The molecule has 0 aromatic heterocycles. The highest BCUT2D eigenvalue weighted by atomic mass is 15.2. The second-order valence-corrected chi connectivity index (χ2v) is 6.43. The molecule has 1 N–H and O–H groups in total. The van der Waals surface area contributed by atoms with Gasteiger partial charge in [0.2, 0.25) is 0 Å². The molecule has 0 spiro atoms. The first-order chi connectivity index (χ1) is 8.81. The zero-order chi connectivity index (χ0) is 12.8. The molecular weight excluding hydrogens is 220 g/mol. The standard InChI is InChI=1S/C16H32N2/c1-3-11-17-14(2)7-6-12-18-13-10-15-8-4-5-9-16(15)18/h14-17H,3-13H2,1-2H3. The monoisotopic (exact) mass is 252 g/mol. The van der Waals surface area contributed by atoms with Crippen molar-refractivity contribution < 1.29 is 0 Å². The van der Waals surface area contributed by atoms with E-state index in [1.54, 1.807) is 0 Å². The summed E-state index contributed by atoms with van der Waals surface area (Å²) < 4.78 is 0. The Morgan fingerprint density at radius 3 is 2.89 bits per heavy atom. The molecule has 1 heterocycles. The summed E-state index contributed by atoms with van der Waals surface area (Å²) in [7, 11) is 0. The van der Waals surface area contributed by atoms with Gasteiger partial charge in [0.1, 0.15) is 0 Å². The summed E-state index contributed by atoms with van der Waals surface area (Å²) in [6.07, 6.45) is 11.4. The first-order valence-electron chi connectivity index (χ1n) is 8.28. The van der Waals surface area contributed by atoms with Crippen LogP contribution < -0.4 is 5.32 Å². The van der Waals surface area contributed by atoms with E-state index in [1.807, 2.05) is 0 Å². The molecule has 1 saturated carbocycles. The van der Waals surface area contributed by atoms with Crippen LogP contribution in [0.4, 0.5) is 0 Å². The van der Waals surface area contributed by atoms with Gasteiger partial charge in [-0.1, -0.05) is 19.8 Å². The van der Waals surface area contributed by atoms with Crippen LogP contribution in [0.15, 0.2) is 0 Å². The Kier molecular flexibility index (Phi) is 5.97. The summed E-state index contributed by atoms with van der Waals surface area (Å²) in [5, 5.41) is 3.60. The minimum Gasteiger partial charge on any atom is -0.314 e. The molecule has 0 aromatic rings. The molecule has 2 aliphatic rings. The average molecular weight is 252 g/mol. The van der Waals surface area contributed by atoms with Gasteiger partial charge in [-0.15, -0.1) is 0 Å². The third kappa shape index (κ3) is 3.96. The van der Waals surface area contributed by atoms with E-state index in [0.29, 0.717) is 6.04 Å². The summed E-state index contributed by atoms with van der Waals surface area (Å²) >= 11 is 0. The molecule has 1 saturated heterocycles. The highest BCUT2D eigenvalue weighted by Gasteiger charge is 2.34. The average Bonchev–Trinajstić information content (AvgIpc) is 2.80. The lowest BCUT2D eigenvalue weighted by Crippen LogP contribution is -2.36. The summed E-state index contributed by atoms with van der Waals surface area (Å²) in [6, 6.07) is 1.66. The summed E-state index contributed by atoms with van der Waals surface area (Å²) in [4.78, 5) is 2.80. The number of nitrogens with one attached hydrogen (secondary N) is 1. The Bertz CT molecular complexity index is 229. The van der Waals surface area contributed by atoms with Crippen molar-refractivity contribution in [3.8, 4) is 0 Å². The van der Waals surface area contributed by atoms with E-state index < -0.39 is 0 Å². The number of hydrogen-bond donors (Lipinski definition) is 1. The Labute approximate surface area is 114 Å². The molecular formula is C16H32N2. The second kappa shape index (κ2) is 7.49. The van der Waals surface area contributed by atoms with Gasteiger partial charge in [-0.3, -0.25) is 0 Å². The molecule has 2 fully saturated rings. The molecule has 3 atom stereocenters. The first-order valence-corrected chi connectivity index (χ1v) is 8.28. The van der Waals surface area contributed by atoms with Gasteiger partial charge in [0.25, 0.3) is 0 Å². The molecule has 0 radical (unpaired) electrons. The Morgan fingerprint density at radius 2 is 2.06 bits per heavy atom. The van der Waals surface area contributed by atoms with Crippen molar-refractivity contribution in [2.45, 2.75) is 77.3 Å². The van der Waals surface area contributed by atoms with Gasteiger partial charge in [0.05, 0.1) is 0 Å². The van der Waals surface area contributed by atoms with Crippen LogP contribution in [0, 0.1) is 5.92 Å². The largest absolute Gasteiger partial charge is 0.314 e. The van der Waals surface area contributed by atoms with Crippen LogP contribution in [0.5, 0.6) is 0 Å². The van der Waals surface area contributed by atoms with Gasteiger partial charge in [-0.2, -0.15) is 0 Å². The minimum absolute atomic E-state index is 0.703. The SMILES string of the molecule is CCCNC(C)CCCN1CCC2CCCCC21. The van der Waals surface area contributed by atoms with Crippen molar-refractivity contribution in [2.24, 2.45) is 5.92 Å². The molecule has 1 aliphatic carbocycles. The normalized spacial score (nSPS) is 30.3. The lowest BCUT2D eigenvalue weighted by Gasteiger charge is -2.32. The van der Waals surface area contributed by atoms with Gasteiger partial charge in [-0.25, -0.2) is 0 Å². The third-order valence-electron chi connectivity index (χ3n) is 4.95. The Morgan fingerprint density at radius 1 is 1.22 bits per heavy atom. The number of fused-ring (bicyclic) bond motifs is 1. The predicted octanol–water partition coefficient (Wildman–Crippen LogP) is 3.42. The van der Waals surface area contributed by atoms with Crippen molar-refractivity contribution in [3.05, 3.63) is 0 Å². The van der Waals surface area contributed by atoms with E-state index in [0.717, 1.165) is 12.0 Å². The lowest BCUT2D eigenvalue weighted by atomic mass is 9.85. The van der Waals surface area contributed by atoms with Crippen LogP contribution in [0.3, 0.4) is 0 Å². The van der Waals surface area contributed by atoms with Crippen molar-refractivity contribution in [1.82, 2.24) is 10.2 Å². The topological polar surface area (TPSA) is 15.3 Å². The maximum Gasteiger partial charge on any atom is 0.0124 e. The maximum absolute atomic E-state index is 3.60. The van der Waals surface area contributed by atoms with Crippen LogP contribution in [0.2, 0.25) is 0 Å². The van der Waals surface area contributed by atoms with Crippen LogP contribution >= 0.6 is 0 Å². The van der Waals surface area contributed by atoms with E-state index >= 15 is 0 Å². The van der Waals surface area contributed by atoms with Crippen molar-refractivity contribution in [2.75, 3.05) is 19.6 Å². The molecule has 0 amide bonds. The van der Waals surface area contributed by atoms with Crippen LogP contribution in [-0.4, -0.2) is 36.6 Å². The van der Waals surface area contributed by atoms with Gasteiger partial charge in [0, 0.05) is 12.1 Å². The van der Waals surface area contributed by atoms with Crippen molar-refractivity contribution in [1.29, 1.82) is 0 Å². The number of hydrogen-bond acceptors (Lipinski definition) is 2. The molecule has 2 heteroatoms. The number of likely N-dealkylation sites (tertiary alicyclic amines) is 1. The summed E-state index contributed by atoms with van der Waals surface area (Å²) in [5.74, 6) is 1.05. The van der Waals surface area contributed by atoms with Gasteiger partial charge in [0.15, 0.2) is 0 Å². The Hall–Kier alpha value is -0.0800. The lowest BCUT2D eigenvalue weighted by molar-refractivity contribution is 0.178. The van der Waals surface area contributed by atoms with Crippen LogP contribution in [0.25, 0.3) is 0 Å². The maximum atomic E-state index is 3.60. The molecule has 2 rings (SSSR count). The van der Waals surface area contributed by atoms with Crippen molar-refractivity contribution in [3.63, 3.8) is 0 Å². The molecule has 18 heavy (non-hydrogen) atoms. The molecule has 106 valence electrons. The summed E-state index contributed by atoms with van der Waals surface area (Å²) in [5.41, 5.74) is 0. The predicted molar refractivity (Wildman–Crippen MR) is 78.9 cm³/mol. The highest BCUT2D eigenvalue weighted by Crippen LogP contribution is 2.36. The van der Waals surface area contributed by atoms with Crippen LogP contribution in [0.1, 0.15) is 65.2 Å². The molecule has 1 aliphatic heterocycles. The zero-order valence-corrected chi connectivity index (χ0v) is 12.5. The molecule has 0 bridgehead atoms. The van der Waals surface area contributed by atoms with E-state index in [9.17, 15) is 0 Å². The first kappa shape index (κ1) is 14.3. The molecule has 0 aromatic carbocycles. The summed E-state index contributed by atoms with van der Waals surface area (Å²) in [6.45, 7) is 8.48. The van der Waals surface area contributed by atoms with E-state index in [1.165, 1.54) is 71.0 Å². The van der Waals surface area contributed by atoms with Crippen LogP contribution in [-0.2, 0) is 0 Å². The van der Waals surface area contributed by atoms with Gasteiger partial charge in [-0.05, 0) is 71.0 Å². The smallest absolute Gasteiger partial charge is 0.0124 e. The Balaban J connectivity index is 1.61. The second-order valence-electron chi connectivity index (χ2n) is 6.43. The zero-order valence-electron chi connectivity index (χ0n) is 12.5. The quantitative estimate of drug-likeness (QED) is 0.747. The van der Waals surface area contributed by atoms with E-state index in [2.05, 4.69) is 24.1 Å². The molecule has 2 nitrogen and oxygen atoms in total. The number of rotatable bonds is 7. The van der Waals surface area contributed by atoms with Gasteiger partial charge >= 0.3 is 0 Å². The molecule has 3 unspecified atom stereocenters. The van der Waals surface area contributed by atoms with Gasteiger partial charge < -0.3 is 10.2 Å². The highest BCUT2D eigenvalue weighted by molar-refractivity contribution is 4.89. The fourth-order valence-corrected chi connectivity index (χ4v) is 3.87. The third-order valence-corrected chi connectivity index (χ3v) is 4.95.